The molecule has 8 nitrogen and oxygen atoms in total. The van der Waals surface area contributed by atoms with Gasteiger partial charge in [-0.3, -0.25) is 14.4 Å². The van der Waals surface area contributed by atoms with E-state index in [1.165, 1.54) is 6.08 Å². The van der Waals surface area contributed by atoms with E-state index in [2.05, 4.69) is 10.6 Å². The first-order chi connectivity index (χ1) is 18.9. The van der Waals surface area contributed by atoms with Gasteiger partial charge < -0.3 is 25.2 Å². The molecule has 0 spiro atoms. The van der Waals surface area contributed by atoms with Gasteiger partial charge in [0.15, 0.2) is 0 Å². The molecule has 8 heteroatoms. The topological polar surface area (TPSA) is 114 Å². The minimum Gasteiger partial charge on any atom is -0.497 e. The second kappa shape index (κ2) is 15.6. The molecule has 1 atom stereocenters. The zero-order valence-corrected chi connectivity index (χ0v) is 22.0. The molecule has 0 aromatic heterocycles. The van der Waals surface area contributed by atoms with Crippen molar-refractivity contribution >= 4 is 23.9 Å². The summed E-state index contributed by atoms with van der Waals surface area (Å²) in [4.78, 5) is 36.4. The maximum absolute atomic E-state index is 13.1. The van der Waals surface area contributed by atoms with Crippen LogP contribution in [0.25, 0.3) is 6.08 Å². The molecule has 2 amide bonds. The van der Waals surface area contributed by atoms with Gasteiger partial charge in [0.05, 0.1) is 13.7 Å². The predicted octanol–water partition coefficient (Wildman–Crippen LogP) is 4.04. The van der Waals surface area contributed by atoms with Crippen LogP contribution in [0.15, 0.2) is 84.9 Å². The molecular formula is C31H34N2O6. The molecule has 0 fully saturated rings. The summed E-state index contributed by atoms with van der Waals surface area (Å²) >= 11 is 0. The van der Waals surface area contributed by atoms with Gasteiger partial charge in [0.2, 0.25) is 11.8 Å². The van der Waals surface area contributed by atoms with E-state index in [-0.39, 0.29) is 18.2 Å². The van der Waals surface area contributed by atoms with E-state index in [1.54, 1.807) is 25.3 Å². The summed E-state index contributed by atoms with van der Waals surface area (Å²) in [5, 5.41) is 14.5. The van der Waals surface area contributed by atoms with Gasteiger partial charge in [-0.2, -0.15) is 0 Å². The summed E-state index contributed by atoms with van der Waals surface area (Å²) in [7, 11) is 1.61. The fourth-order valence-electron chi connectivity index (χ4n) is 3.78. The molecule has 39 heavy (non-hydrogen) atoms. The van der Waals surface area contributed by atoms with Crippen LogP contribution in [0.4, 0.5) is 0 Å². The maximum Gasteiger partial charge on any atom is 0.303 e. The molecule has 3 aromatic rings. The van der Waals surface area contributed by atoms with Crippen LogP contribution in [0, 0.1) is 0 Å². The predicted molar refractivity (Wildman–Crippen MR) is 150 cm³/mol. The zero-order valence-electron chi connectivity index (χ0n) is 22.0. The Bertz CT molecular complexity index is 1220. The number of ether oxygens (including phenoxy) is 2. The third-order valence-corrected chi connectivity index (χ3v) is 5.90. The SMILES string of the molecule is COc1ccc(CCNC(=O)[C@H](Cc2ccc(OCCCC(=O)O)cc2)NC(=O)/C=C/c2ccccc2)cc1. The van der Waals surface area contributed by atoms with Crippen molar-refractivity contribution < 1.29 is 29.0 Å². The molecule has 0 aliphatic carbocycles. The summed E-state index contributed by atoms with van der Waals surface area (Å²) in [5.74, 6) is -0.125. The summed E-state index contributed by atoms with van der Waals surface area (Å²) in [5.41, 5.74) is 2.78. The van der Waals surface area contributed by atoms with Crippen molar-refractivity contribution in [2.24, 2.45) is 0 Å². The van der Waals surface area contributed by atoms with Crippen LogP contribution >= 0.6 is 0 Å². The highest BCUT2D eigenvalue weighted by atomic mass is 16.5. The standard InChI is InChI=1S/C31H34N2O6/c1-38-26-14-9-24(10-15-26)19-20-32-31(37)28(33-29(34)18-13-23-6-3-2-4-7-23)22-25-11-16-27(17-12-25)39-21-5-8-30(35)36/h2-4,6-7,9-18,28H,5,8,19-22H2,1H3,(H,32,37)(H,33,34)(H,35,36)/b18-13+/t28-/m0/s1. The Balaban J connectivity index is 1.60. The van der Waals surface area contributed by atoms with Gasteiger partial charge in [0, 0.05) is 25.5 Å². The average Bonchev–Trinajstić information content (AvgIpc) is 2.95. The zero-order chi connectivity index (χ0) is 27.9. The van der Waals surface area contributed by atoms with Crippen LogP contribution < -0.4 is 20.1 Å². The summed E-state index contributed by atoms with van der Waals surface area (Å²) < 4.78 is 10.8. The van der Waals surface area contributed by atoms with Gasteiger partial charge in [0.1, 0.15) is 17.5 Å². The molecule has 0 aliphatic rings. The average molecular weight is 531 g/mol. The molecule has 3 aromatic carbocycles. The second-order valence-electron chi connectivity index (χ2n) is 8.89. The van der Waals surface area contributed by atoms with E-state index in [9.17, 15) is 14.4 Å². The van der Waals surface area contributed by atoms with E-state index < -0.39 is 12.0 Å². The maximum atomic E-state index is 13.1. The highest BCUT2D eigenvalue weighted by Gasteiger charge is 2.20. The highest BCUT2D eigenvalue weighted by molar-refractivity contribution is 5.95. The van der Waals surface area contributed by atoms with Crippen molar-refractivity contribution in [3.8, 4) is 11.5 Å². The van der Waals surface area contributed by atoms with E-state index in [0.717, 1.165) is 22.4 Å². The van der Waals surface area contributed by atoms with Crippen molar-refractivity contribution in [1.29, 1.82) is 0 Å². The van der Waals surface area contributed by atoms with Crippen molar-refractivity contribution in [2.75, 3.05) is 20.3 Å². The fraction of sp³-hybridized carbons (Fsp3) is 0.258. The summed E-state index contributed by atoms with van der Waals surface area (Å²) in [6, 6.07) is 23.5. The number of amides is 2. The van der Waals surface area contributed by atoms with E-state index in [1.807, 2.05) is 66.7 Å². The molecule has 0 unspecified atom stereocenters. The molecule has 0 aliphatic heterocycles. The Morgan fingerprint density at radius 1 is 0.897 bits per heavy atom. The van der Waals surface area contributed by atoms with Crippen LogP contribution in [0.1, 0.15) is 29.5 Å². The normalized spacial score (nSPS) is 11.5. The Morgan fingerprint density at radius 2 is 1.56 bits per heavy atom. The van der Waals surface area contributed by atoms with Gasteiger partial charge in [-0.05, 0) is 59.9 Å². The summed E-state index contributed by atoms with van der Waals surface area (Å²) in [6.45, 7) is 0.717. The monoisotopic (exact) mass is 530 g/mol. The van der Waals surface area contributed by atoms with E-state index in [4.69, 9.17) is 14.6 Å². The minimum atomic E-state index is -0.858. The number of nitrogens with one attached hydrogen (secondary N) is 2. The lowest BCUT2D eigenvalue weighted by Gasteiger charge is -2.18. The quantitative estimate of drug-likeness (QED) is 0.202. The number of carbonyl (C=O) groups is 3. The number of benzene rings is 3. The van der Waals surface area contributed by atoms with Gasteiger partial charge >= 0.3 is 5.97 Å². The third kappa shape index (κ3) is 10.7. The highest BCUT2D eigenvalue weighted by Crippen LogP contribution is 2.15. The number of carbonyl (C=O) groups excluding carboxylic acids is 2. The number of aliphatic carboxylic acids is 1. The number of hydrogen-bond donors (Lipinski definition) is 3. The number of methoxy groups -OCH3 is 1. The molecule has 0 heterocycles. The van der Waals surface area contributed by atoms with E-state index in [0.29, 0.717) is 38.2 Å². The van der Waals surface area contributed by atoms with Crippen molar-refractivity contribution in [1.82, 2.24) is 10.6 Å². The van der Waals surface area contributed by atoms with Gasteiger partial charge in [0.25, 0.3) is 0 Å². The van der Waals surface area contributed by atoms with Crippen molar-refractivity contribution in [3.05, 3.63) is 102 Å². The Kier molecular flexibility index (Phi) is 11.6. The molecule has 0 saturated carbocycles. The van der Waals surface area contributed by atoms with Crippen LogP contribution in [-0.4, -0.2) is 49.2 Å². The number of hydrogen-bond acceptors (Lipinski definition) is 5. The molecule has 0 radical (unpaired) electrons. The lowest BCUT2D eigenvalue weighted by atomic mass is 10.0. The molecular weight excluding hydrogens is 496 g/mol. The van der Waals surface area contributed by atoms with Crippen LogP contribution in [0.2, 0.25) is 0 Å². The smallest absolute Gasteiger partial charge is 0.303 e. The van der Waals surface area contributed by atoms with Crippen LogP contribution in [-0.2, 0) is 27.2 Å². The molecule has 0 bridgehead atoms. The Hall–Kier alpha value is -4.59. The number of carboxylic acid groups (broad SMARTS) is 1. The lowest BCUT2D eigenvalue weighted by Crippen LogP contribution is -2.48. The van der Waals surface area contributed by atoms with Gasteiger partial charge in [-0.1, -0.05) is 54.6 Å². The molecule has 0 saturated heterocycles. The first-order valence-electron chi connectivity index (χ1n) is 12.8. The molecule has 3 rings (SSSR count). The first-order valence-corrected chi connectivity index (χ1v) is 12.8. The van der Waals surface area contributed by atoms with Crippen molar-refractivity contribution in [3.63, 3.8) is 0 Å². The second-order valence-corrected chi connectivity index (χ2v) is 8.89. The minimum absolute atomic E-state index is 0.0474. The van der Waals surface area contributed by atoms with Crippen LogP contribution in [0.3, 0.4) is 0 Å². The lowest BCUT2D eigenvalue weighted by molar-refractivity contribution is -0.137. The molecule has 204 valence electrons. The number of carboxylic acids is 1. The Labute approximate surface area is 228 Å². The third-order valence-electron chi connectivity index (χ3n) is 5.90. The van der Waals surface area contributed by atoms with Gasteiger partial charge in [-0.25, -0.2) is 0 Å². The van der Waals surface area contributed by atoms with Gasteiger partial charge in [-0.15, -0.1) is 0 Å². The fourth-order valence-corrected chi connectivity index (χ4v) is 3.78. The summed E-state index contributed by atoms with van der Waals surface area (Å²) in [6.07, 6.45) is 4.51. The van der Waals surface area contributed by atoms with Crippen LogP contribution in [0.5, 0.6) is 11.5 Å². The first kappa shape index (κ1) is 29.0. The van der Waals surface area contributed by atoms with E-state index >= 15 is 0 Å². The Morgan fingerprint density at radius 3 is 2.23 bits per heavy atom. The van der Waals surface area contributed by atoms with Crippen molar-refractivity contribution in [2.45, 2.75) is 31.7 Å². The largest absolute Gasteiger partial charge is 0.497 e. The number of rotatable bonds is 15. The molecule has 3 N–H and O–H groups in total.